The van der Waals surface area contributed by atoms with Crippen molar-refractivity contribution in [3.05, 3.63) is 27.2 Å². The minimum Gasteiger partial charge on any atom is -0.465 e. The van der Waals surface area contributed by atoms with Crippen molar-refractivity contribution in [1.82, 2.24) is 4.98 Å². The third kappa shape index (κ3) is 2.40. The third-order valence-corrected chi connectivity index (χ3v) is 3.80. The predicted octanol–water partition coefficient (Wildman–Crippen LogP) is 4.06. The van der Waals surface area contributed by atoms with Crippen molar-refractivity contribution < 1.29 is 22.7 Å². The Labute approximate surface area is 115 Å². The van der Waals surface area contributed by atoms with E-state index in [1.54, 1.807) is 0 Å². The monoisotopic (exact) mass is 309 g/mol. The van der Waals surface area contributed by atoms with Crippen LogP contribution in [0.5, 0.6) is 0 Å². The summed E-state index contributed by atoms with van der Waals surface area (Å²) >= 11 is 6.44. The lowest BCUT2D eigenvalue weighted by Gasteiger charge is -2.08. The number of esters is 1. The fourth-order valence-electron chi connectivity index (χ4n) is 1.70. The molecule has 0 radical (unpaired) electrons. The minimum absolute atomic E-state index is 0.0236. The average molecular weight is 310 g/mol. The lowest BCUT2D eigenvalue weighted by atomic mass is 10.1. The van der Waals surface area contributed by atoms with E-state index in [1.165, 1.54) is 6.92 Å². The molecule has 0 spiro atoms. The summed E-state index contributed by atoms with van der Waals surface area (Å²) in [6, 6.07) is 0.751. The predicted molar refractivity (Wildman–Crippen MR) is 65.7 cm³/mol. The van der Waals surface area contributed by atoms with Gasteiger partial charge in [-0.15, -0.1) is 11.3 Å². The van der Waals surface area contributed by atoms with Gasteiger partial charge in [0.05, 0.1) is 28.5 Å². The van der Waals surface area contributed by atoms with Crippen LogP contribution in [-0.4, -0.2) is 18.1 Å². The molecule has 0 unspecified atom stereocenters. The molecule has 0 atom stereocenters. The Balaban J connectivity index is 2.86. The molecule has 8 heteroatoms. The molecule has 0 fully saturated rings. The molecule has 0 aliphatic carbocycles. The number of rotatable bonds is 1. The van der Waals surface area contributed by atoms with E-state index in [2.05, 4.69) is 9.72 Å². The Morgan fingerprint density at radius 2 is 2.11 bits per heavy atom. The van der Waals surface area contributed by atoms with Gasteiger partial charge in [0.15, 0.2) is 0 Å². The van der Waals surface area contributed by atoms with Gasteiger partial charge in [-0.25, -0.2) is 9.78 Å². The number of thiophene rings is 1. The Bertz CT molecular complexity index is 666. The molecular weight excluding hydrogens is 303 g/mol. The van der Waals surface area contributed by atoms with Crippen LogP contribution in [0.2, 0.25) is 5.15 Å². The SMILES string of the molecule is COC(=O)c1c(C)sc2c(C(F)(F)F)cc(Cl)nc12. The van der Waals surface area contributed by atoms with Gasteiger partial charge in [-0.1, -0.05) is 11.6 Å². The Kier molecular flexibility index (Phi) is 3.44. The van der Waals surface area contributed by atoms with Crippen molar-refractivity contribution in [2.45, 2.75) is 13.1 Å². The van der Waals surface area contributed by atoms with Gasteiger partial charge in [-0.05, 0) is 13.0 Å². The summed E-state index contributed by atoms with van der Waals surface area (Å²) in [6.07, 6.45) is -4.56. The molecule has 2 rings (SSSR count). The van der Waals surface area contributed by atoms with Crippen LogP contribution in [0, 0.1) is 6.92 Å². The van der Waals surface area contributed by atoms with E-state index in [-0.39, 0.29) is 20.9 Å². The summed E-state index contributed by atoms with van der Waals surface area (Å²) < 4.78 is 43.2. The highest BCUT2D eigenvalue weighted by Crippen LogP contribution is 2.41. The molecule has 3 nitrogen and oxygen atoms in total. The average Bonchev–Trinajstić information content (AvgIpc) is 2.62. The van der Waals surface area contributed by atoms with Crippen LogP contribution in [0.3, 0.4) is 0 Å². The van der Waals surface area contributed by atoms with Crippen molar-refractivity contribution >= 4 is 39.1 Å². The van der Waals surface area contributed by atoms with E-state index in [4.69, 9.17) is 11.6 Å². The second-order valence-electron chi connectivity index (χ2n) is 3.69. The van der Waals surface area contributed by atoms with Gasteiger partial charge in [0, 0.05) is 4.88 Å². The number of fused-ring (bicyclic) bond motifs is 1. The highest BCUT2D eigenvalue weighted by molar-refractivity contribution is 7.19. The van der Waals surface area contributed by atoms with Gasteiger partial charge in [0.2, 0.25) is 0 Å². The second kappa shape index (κ2) is 4.64. The first-order valence-electron chi connectivity index (χ1n) is 5.01. The molecule has 19 heavy (non-hydrogen) atoms. The molecule has 0 aliphatic heterocycles. The van der Waals surface area contributed by atoms with E-state index in [1.807, 2.05) is 0 Å². The summed E-state index contributed by atoms with van der Waals surface area (Å²) in [5, 5.41) is -0.317. The fourth-order valence-corrected chi connectivity index (χ4v) is 3.01. The van der Waals surface area contributed by atoms with E-state index >= 15 is 0 Å². The lowest BCUT2D eigenvalue weighted by Crippen LogP contribution is -2.07. The molecular formula is C11H7ClF3NO2S. The van der Waals surface area contributed by atoms with Crippen molar-refractivity contribution in [3.8, 4) is 0 Å². The number of carbonyl (C=O) groups excluding carboxylic acids is 1. The number of methoxy groups -OCH3 is 1. The van der Waals surface area contributed by atoms with Crippen LogP contribution < -0.4 is 0 Å². The van der Waals surface area contributed by atoms with Crippen molar-refractivity contribution in [2.75, 3.05) is 7.11 Å². The quantitative estimate of drug-likeness (QED) is 0.589. The fraction of sp³-hybridized carbons (Fsp3) is 0.273. The number of aromatic nitrogens is 1. The summed E-state index contributed by atoms with van der Waals surface area (Å²) in [6.45, 7) is 1.53. The maximum absolute atomic E-state index is 12.9. The Morgan fingerprint density at radius 3 is 2.63 bits per heavy atom. The first kappa shape index (κ1) is 14.1. The van der Waals surface area contributed by atoms with Crippen LogP contribution >= 0.6 is 22.9 Å². The molecule has 0 saturated carbocycles. The smallest absolute Gasteiger partial charge is 0.417 e. The summed E-state index contributed by atoms with van der Waals surface area (Å²) in [7, 11) is 1.15. The highest BCUT2D eigenvalue weighted by Gasteiger charge is 2.35. The van der Waals surface area contributed by atoms with Crippen LogP contribution in [0.25, 0.3) is 10.2 Å². The number of ether oxygens (including phenoxy) is 1. The summed E-state index contributed by atoms with van der Waals surface area (Å²) in [5.41, 5.74) is -0.949. The molecule has 2 aromatic rings. The normalized spacial score (nSPS) is 11.9. The number of carbonyl (C=O) groups is 1. The van der Waals surface area contributed by atoms with Gasteiger partial charge >= 0.3 is 12.1 Å². The van der Waals surface area contributed by atoms with Gasteiger partial charge < -0.3 is 4.74 Å². The maximum Gasteiger partial charge on any atom is 0.417 e. The summed E-state index contributed by atoms with van der Waals surface area (Å²) in [5.74, 6) is -0.730. The number of hydrogen-bond acceptors (Lipinski definition) is 4. The topological polar surface area (TPSA) is 39.2 Å². The molecule has 0 amide bonds. The zero-order valence-electron chi connectivity index (χ0n) is 9.76. The van der Waals surface area contributed by atoms with Crippen LogP contribution in [0.15, 0.2) is 6.07 Å². The number of nitrogens with zero attached hydrogens (tertiary/aromatic N) is 1. The molecule has 0 aliphatic rings. The highest BCUT2D eigenvalue weighted by atomic mass is 35.5. The minimum atomic E-state index is -4.56. The lowest BCUT2D eigenvalue weighted by molar-refractivity contribution is -0.136. The zero-order chi connectivity index (χ0) is 14.4. The van der Waals surface area contributed by atoms with E-state index < -0.39 is 17.7 Å². The number of alkyl halides is 3. The molecule has 0 aromatic carbocycles. The first-order valence-corrected chi connectivity index (χ1v) is 6.20. The molecule has 102 valence electrons. The van der Waals surface area contributed by atoms with E-state index in [9.17, 15) is 18.0 Å². The molecule has 2 heterocycles. The largest absolute Gasteiger partial charge is 0.465 e. The summed E-state index contributed by atoms with van der Waals surface area (Å²) in [4.78, 5) is 15.8. The van der Waals surface area contributed by atoms with E-state index in [0.29, 0.717) is 4.88 Å². The standard InChI is InChI=1S/C11H7ClF3NO2S/c1-4-7(10(17)18-2)8-9(19-4)5(11(13,14)15)3-6(12)16-8/h3H,1-2H3. The van der Waals surface area contributed by atoms with Crippen molar-refractivity contribution in [2.24, 2.45) is 0 Å². The van der Waals surface area contributed by atoms with Gasteiger partial charge in [-0.2, -0.15) is 13.2 Å². The molecule has 0 N–H and O–H groups in total. The zero-order valence-corrected chi connectivity index (χ0v) is 11.3. The maximum atomic E-state index is 12.9. The molecule has 0 saturated heterocycles. The van der Waals surface area contributed by atoms with E-state index in [0.717, 1.165) is 24.5 Å². The molecule has 0 bridgehead atoms. The van der Waals surface area contributed by atoms with Gasteiger partial charge in [0.1, 0.15) is 5.15 Å². The van der Waals surface area contributed by atoms with Crippen molar-refractivity contribution in [1.29, 1.82) is 0 Å². The third-order valence-electron chi connectivity index (χ3n) is 2.48. The van der Waals surface area contributed by atoms with Crippen LogP contribution in [-0.2, 0) is 10.9 Å². The Hall–Kier alpha value is -1.34. The number of halogens is 4. The molecule has 2 aromatic heterocycles. The first-order chi connectivity index (χ1) is 8.75. The number of hydrogen-bond donors (Lipinski definition) is 0. The number of pyridine rings is 1. The number of aryl methyl sites for hydroxylation is 1. The Morgan fingerprint density at radius 1 is 1.47 bits per heavy atom. The second-order valence-corrected chi connectivity index (χ2v) is 5.30. The van der Waals surface area contributed by atoms with Gasteiger partial charge in [0.25, 0.3) is 0 Å². The van der Waals surface area contributed by atoms with Gasteiger partial charge in [-0.3, -0.25) is 0 Å². The van der Waals surface area contributed by atoms with Crippen molar-refractivity contribution in [3.63, 3.8) is 0 Å². The van der Waals surface area contributed by atoms with Crippen LogP contribution in [0.4, 0.5) is 13.2 Å². The van der Waals surface area contributed by atoms with Crippen LogP contribution in [0.1, 0.15) is 20.8 Å².